The predicted molar refractivity (Wildman–Crippen MR) is 33.5 cm³/mol. The van der Waals surface area contributed by atoms with Gasteiger partial charge in [-0.25, -0.2) is 18.2 Å². The van der Waals surface area contributed by atoms with Gasteiger partial charge in [-0.15, -0.1) is 0 Å². The Morgan fingerprint density at radius 1 is 1.33 bits per heavy atom. The lowest BCUT2D eigenvalue weighted by Crippen LogP contribution is -2.02. The third kappa shape index (κ3) is 1.46. The normalized spacial score (nSPS) is 10.8. The number of nitrogen functional groups attached to an aromatic ring is 1. The molecule has 12 heavy (non-hydrogen) atoms. The summed E-state index contributed by atoms with van der Waals surface area (Å²) in [6.45, 7) is 0. The molecular formula is C6H4F4N2. The van der Waals surface area contributed by atoms with Gasteiger partial charge in [0.25, 0.3) is 6.43 Å². The maximum absolute atomic E-state index is 12.4. The number of alkyl halides is 2. The summed E-state index contributed by atoms with van der Waals surface area (Å²) < 4.78 is 48.4. The van der Waals surface area contributed by atoms with E-state index in [-0.39, 0.29) is 0 Å². The molecule has 66 valence electrons. The number of nitrogens with two attached hydrogens (primary N) is 1. The molecule has 6 heteroatoms. The maximum Gasteiger partial charge on any atom is 0.280 e. The molecule has 1 rings (SSSR count). The SMILES string of the molecule is Nc1nc(C(F)F)cc(F)c1F. The van der Waals surface area contributed by atoms with Gasteiger partial charge in [-0.1, -0.05) is 0 Å². The van der Waals surface area contributed by atoms with Gasteiger partial charge in [0.05, 0.1) is 0 Å². The molecule has 0 radical (unpaired) electrons. The molecule has 1 heterocycles. The van der Waals surface area contributed by atoms with E-state index in [2.05, 4.69) is 4.98 Å². The average molecular weight is 180 g/mol. The van der Waals surface area contributed by atoms with Gasteiger partial charge in [-0.2, -0.15) is 4.39 Å². The van der Waals surface area contributed by atoms with Crippen molar-refractivity contribution in [1.82, 2.24) is 4.98 Å². The highest BCUT2D eigenvalue weighted by atomic mass is 19.3. The monoisotopic (exact) mass is 180 g/mol. The molecule has 0 saturated heterocycles. The first kappa shape index (κ1) is 8.76. The molecule has 0 saturated carbocycles. The molecular weight excluding hydrogens is 176 g/mol. The topological polar surface area (TPSA) is 38.9 Å². The molecule has 0 amide bonds. The van der Waals surface area contributed by atoms with Gasteiger partial charge in [0.1, 0.15) is 5.69 Å². The highest BCUT2D eigenvalue weighted by Gasteiger charge is 2.15. The molecule has 1 aromatic heterocycles. The Labute approximate surface area is 65.0 Å². The third-order valence-electron chi connectivity index (χ3n) is 1.18. The van der Waals surface area contributed by atoms with Gasteiger partial charge in [0, 0.05) is 6.07 Å². The van der Waals surface area contributed by atoms with Crippen LogP contribution in [0.5, 0.6) is 0 Å². The summed E-state index contributed by atoms with van der Waals surface area (Å²) in [7, 11) is 0. The molecule has 0 aliphatic heterocycles. The van der Waals surface area contributed by atoms with E-state index in [1.807, 2.05) is 0 Å². The number of aromatic nitrogens is 1. The van der Waals surface area contributed by atoms with E-state index in [0.29, 0.717) is 6.07 Å². The van der Waals surface area contributed by atoms with Gasteiger partial charge in [0.15, 0.2) is 11.6 Å². The summed E-state index contributed by atoms with van der Waals surface area (Å²) in [5.74, 6) is -3.68. The Kier molecular flexibility index (Phi) is 2.16. The van der Waals surface area contributed by atoms with E-state index >= 15 is 0 Å². The Morgan fingerprint density at radius 3 is 2.33 bits per heavy atom. The molecule has 0 unspecified atom stereocenters. The van der Waals surface area contributed by atoms with Crippen LogP contribution >= 0.6 is 0 Å². The van der Waals surface area contributed by atoms with Crippen molar-refractivity contribution < 1.29 is 17.6 Å². The Hall–Kier alpha value is -1.33. The van der Waals surface area contributed by atoms with Gasteiger partial charge in [-0.05, 0) is 0 Å². The lowest BCUT2D eigenvalue weighted by molar-refractivity contribution is 0.145. The minimum Gasteiger partial charge on any atom is -0.381 e. The van der Waals surface area contributed by atoms with E-state index < -0.39 is 29.6 Å². The van der Waals surface area contributed by atoms with Crippen LogP contribution in [0.4, 0.5) is 23.4 Å². The lowest BCUT2D eigenvalue weighted by atomic mass is 10.3. The van der Waals surface area contributed by atoms with Crippen LogP contribution in [-0.2, 0) is 0 Å². The molecule has 0 aromatic carbocycles. The minimum absolute atomic E-state index is 0.316. The van der Waals surface area contributed by atoms with Crippen LogP contribution in [0.1, 0.15) is 12.1 Å². The molecule has 2 nitrogen and oxygen atoms in total. The van der Waals surface area contributed by atoms with Gasteiger partial charge in [-0.3, -0.25) is 0 Å². The molecule has 0 atom stereocenters. The summed E-state index contributed by atoms with van der Waals surface area (Å²) in [6.07, 6.45) is -2.96. The number of hydrogen-bond acceptors (Lipinski definition) is 2. The van der Waals surface area contributed by atoms with E-state index in [0.717, 1.165) is 0 Å². The van der Waals surface area contributed by atoms with Crippen molar-refractivity contribution in [2.24, 2.45) is 0 Å². The highest BCUT2D eigenvalue weighted by Crippen LogP contribution is 2.20. The Morgan fingerprint density at radius 2 is 1.92 bits per heavy atom. The lowest BCUT2D eigenvalue weighted by Gasteiger charge is -2.01. The molecule has 0 spiro atoms. The first-order chi connectivity index (χ1) is 5.52. The van der Waals surface area contributed by atoms with Crippen LogP contribution in [0.3, 0.4) is 0 Å². The van der Waals surface area contributed by atoms with E-state index in [1.54, 1.807) is 0 Å². The zero-order chi connectivity index (χ0) is 9.30. The summed E-state index contributed by atoms with van der Waals surface area (Å²) in [4.78, 5) is 2.95. The second-order valence-corrected chi connectivity index (χ2v) is 2.03. The smallest absolute Gasteiger partial charge is 0.280 e. The van der Waals surface area contributed by atoms with Crippen molar-refractivity contribution in [3.8, 4) is 0 Å². The second kappa shape index (κ2) is 2.96. The van der Waals surface area contributed by atoms with E-state index in [1.165, 1.54) is 0 Å². The molecule has 1 aromatic rings. The Bertz CT molecular complexity index is 277. The van der Waals surface area contributed by atoms with Crippen molar-refractivity contribution in [1.29, 1.82) is 0 Å². The van der Waals surface area contributed by atoms with Crippen molar-refractivity contribution >= 4 is 5.82 Å². The zero-order valence-corrected chi connectivity index (χ0v) is 5.69. The number of pyridine rings is 1. The van der Waals surface area contributed by atoms with E-state index in [9.17, 15) is 17.6 Å². The standard InChI is InChI=1S/C6H4F4N2/c7-2-1-3(5(9)10)12-6(11)4(2)8/h1,5H,(H2,11,12). The van der Waals surface area contributed by atoms with Crippen molar-refractivity contribution in [2.45, 2.75) is 6.43 Å². The summed E-state index contributed by atoms with van der Waals surface area (Å²) in [6, 6.07) is 0.316. The number of halogens is 4. The molecule has 2 N–H and O–H groups in total. The molecule has 0 aliphatic rings. The van der Waals surface area contributed by atoms with Gasteiger partial charge in [0.2, 0.25) is 5.82 Å². The fourth-order valence-corrected chi connectivity index (χ4v) is 0.648. The average Bonchev–Trinajstić information content (AvgIpc) is 1.99. The predicted octanol–water partition coefficient (Wildman–Crippen LogP) is 1.88. The molecule has 0 fully saturated rings. The van der Waals surface area contributed by atoms with Crippen LogP contribution < -0.4 is 5.73 Å². The number of nitrogens with zero attached hydrogens (tertiary/aromatic N) is 1. The van der Waals surface area contributed by atoms with Crippen molar-refractivity contribution in [3.05, 3.63) is 23.4 Å². The quantitative estimate of drug-likeness (QED) is 0.670. The summed E-state index contributed by atoms with van der Waals surface area (Å²) in [5.41, 5.74) is 3.93. The minimum atomic E-state index is -2.96. The second-order valence-electron chi connectivity index (χ2n) is 2.03. The zero-order valence-electron chi connectivity index (χ0n) is 5.69. The van der Waals surface area contributed by atoms with Gasteiger partial charge >= 0.3 is 0 Å². The largest absolute Gasteiger partial charge is 0.381 e. The number of anilines is 1. The van der Waals surface area contributed by atoms with Crippen molar-refractivity contribution in [2.75, 3.05) is 5.73 Å². The maximum atomic E-state index is 12.4. The fourth-order valence-electron chi connectivity index (χ4n) is 0.648. The molecule has 0 aliphatic carbocycles. The third-order valence-corrected chi connectivity index (χ3v) is 1.18. The van der Waals surface area contributed by atoms with Crippen LogP contribution in [-0.4, -0.2) is 4.98 Å². The van der Waals surface area contributed by atoms with Crippen LogP contribution in [0.15, 0.2) is 6.07 Å². The van der Waals surface area contributed by atoms with Crippen LogP contribution in [0.25, 0.3) is 0 Å². The fraction of sp³-hybridized carbons (Fsp3) is 0.167. The van der Waals surface area contributed by atoms with E-state index in [4.69, 9.17) is 5.73 Å². The van der Waals surface area contributed by atoms with Crippen molar-refractivity contribution in [3.63, 3.8) is 0 Å². The number of hydrogen-bond donors (Lipinski definition) is 1. The van der Waals surface area contributed by atoms with Gasteiger partial charge < -0.3 is 5.73 Å². The summed E-state index contributed by atoms with van der Waals surface area (Å²) >= 11 is 0. The summed E-state index contributed by atoms with van der Waals surface area (Å²) in [5, 5.41) is 0. The number of rotatable bonds is 1. The first-order valence-electron chi connectivity index (χ1n) is 2.92. The first-order valence-corrected chi connectivity index (χ1v) is 2.92. The molecule has 0 bridgehead atoms. The highest BCUT2D eigenvalue weighted by molar-refractivity contribution is 5.32. The Balaban J connectivity index is 3.21. The van der Waals surface area contributed by atoms with Crippen LogP contribution in [0, 0.1) is 11.6 Å². The van der Waals surface area contributed by atoms with Crippen LogP contribution in [0.2, 0.25) is 0 Å².